The molecule has 0 atom stereocenters. The van der Waals surface area contributed by atoms with Crippen molar-refractivity contribution >= 4 is 18.9 Å². The van der Waals surface area contributed by atoms with Crippen LogP contribution in [0.1, 0.15) is 0 Å². The molecule has 0 saturated heterocycles. The van der Waals surface area contributed by atoms with E-state index in [0.717, 1.165) is 0 Å². The summed E-state index contributed by atoms with van der Waals surface area (Å²) >= 11 is -3.69. The summed E-state index contributed by atoms with van der Waals surface area (Å²) in [7, 11) is 0. The first-order valence-electron chi connectivity index (χ1n) is 0.565. The summed E-state index contributed by atoms with van der Waals surface area (Å²) in [6.45, 7) is 0. The summed E-state index contributed by atoms with van der Waals surface area (Å²) in [6.07, 6.45) is 0. The minimum absolute atomic E-state index is 0. The monoisotopic (exact) mass is 171 g/mol. The SMILES string of the molecule is [Cu].[LiH].[O]=[V](=[O])[OH]. The third-order valence-corrected chi connectivity index (χ3v) is 0. The van der Waals surface area contributed by atoms with Crippen LogP contribution in [0.25, 0.3) is 0 Å². The van der Waals surface area contributed by atoms with Crippen LogP contribution in [0, 0.1) is 0 Å². The Hall–Kier alpha value is 1.26. The van der Waals surface area contributed by atoms with Crippen molar-refractivity contribution in [1.29, 1.82) is 0 Å². The Morgan fingerprint density at radius 1 is 1.33 bits per heavy atom. The second-order valence-corrected chi connectivity index (χ2v) is 0.981. The molecular weight excluding hydrogens is 169 g/mol. The molecule has 0 aromatic carbocycles. The Morgan fingerprint density at radius 2 is 1.33 bits per heavy atom. The molecular formula is H2CuLiO3V. The van der Waals surface area contributed by atoms with Gasteiger partial charge in [0.1, 0.15) is 0 Å². The van der Waals surface area contributed by atoms with E-state index in [-0.39, 0.29) is 35.9 Å². The molecule has 0 fully saturated rings. The summed E-state index contributed by atoms with van der Waals surface area (Å²) < 4.78 is 24.4. The van der Waals surface area contributed by atoms with Crippen LogP contribution in [0.15, 0.2) is 0 Å². The first-order valence-corrected chi connectivity index (χ1v) is 2.33. The Labute approximate surface area is 62.5 Å². The van der Waals surface area contributed by atoms with Crippen molar-refractivity contribution in [1.82, 2.24) is 0 Å². The van der Waals surface area contributed by atoms with Gasteiger partial charge in [0.2, 0.25) is 0 Å². The average molecular weight is 171 g/mol. The van der Waals surface area contributed by atoms with Crippen molar-refractivity contribution in [2.24, 2.45) is 0 Å². The van der Waals surface area contributed by atoms with E-state index in [2.05, 4.69) is 0 Å². The molecule has 0 aromatic rings. The molecule has 0 amide bonds. The molecule has 6 heteroatoms. The molecule has 0 aliphatic carbocycles. The van der Waals surface area contributed by atoms with Gasteiger partial charge in [-0.1, -0.05) is 0 Å². The molecule has 37 valence electrons. The predicted molar refractivity (Wildman–Crippen MR) is 10.7 cm³/mol. The fourth-order valence-electron chi connectivity index (χ4n) is 0. The molecule has 0 aromatic heterocycles. The molecule has 1 radical (unpaired) electrons. The van der Waals surface area contributed by atoms with E-state index < -0.39 is 15.4 Å². The van der Waals surface area contributed by atoms with Crippen molar-refractivity contribution in [2.45, 2.75) is 0 Å². The molecule has 0 spiro atoms. The van der Waals surface area contributed by atoms with Gasteiger partial charge in [0.05, 0.1) is 0 Å². The van der Waals surface area contributed by atoms with E-state index in [1.54, 1.807) is 0 Å². The molecule has 1 N–H and O–H groups in total. The summed E-state index contributed by atoms with van der Waals surface area (Å²) in [4.78, 5) is 0. The van der Waals surface area contributed by atoms with E-state index in [1.165, 1.54) is 0 Å². The molecule has 6 heavy (non-hydrogen) atoms. The molecule has 0 bridgehead atoms. The molecule has 0 heterocycles. The van der Waals surface area contributed by atoms with E-state index in [9.17, 15) is 0 Å². The van der Waals surface area contributed by atoms with Crippen LogP contribution in [0.2, 0.25) is 0 Å². The molecule has 0 saturated carbocycles. The van der Waals surface area contributed by atoms with Crippen LogP contribution in [0.3, 0.4) is 0 Å². The van der Waals surface area contributed by atoms with Gasteiger partial charge in [-0.2, -0.15) is 0 Å². The predicted octanol–water partition coefficient (Wildman–Crippen LogP) is -1.45. The Kier molecular flexibility index (Phi) is 24.9. The van der Waals surface area contributed by atoms with Crippen molar-refractivity contribution in [3.63, 3.8) is 0 Å². The van der Waals surface area contributed by atoms with Crippen molar-refractivity contribution in [3.05, 3.63) is 0 Å². The van der Waals surface area contributed by atoms with Gasteiger partial charge in [-0.25, -0.2) is 0 Å². The molecule has 0 unspecified atom stereocenters. The maximum atomic E-state index is 8.67. The third kappa shape index (κ3) is 60.1. The van der Waals surface area contributed by atoms with Gasteiger partial charge in [0, 0.05) is 17.1 Å². The van der Waals surface area contributed by atoms with Gasteiger partial charge in [-0.15, -0.1) is 0 Å². The fourth-order valence-corrected chi connectivity index (χ4v) is 0. The number of hydrogen-bond donors (Lipinski definition) is 1. The van der Waals surface area contributed by atoms with Crippen LogP contribution in [-0.4, -0.2) is 22.9 Å². The average Bonchev–Trinajstić information content (AvgIpc) is 0.811. The standard InChI is InChI=1S/Cu.Li.H2O.2O.V.H/h;;1H2;;;;/q;;;;;+1;/p-1. The van der Waals surface area contributed by atoms with Gasteiger partial charge in [0.25, 0.3) is 0 Å². The molecule has 0 aliphatic rings. The molecule has 3 nitrogen and oxygen atoms in total. The van der Waals surface area contributed by atoms with Crippen LogP contribution in [0.5, 0.6) is 0 Å². The van der Waals surface area contributed by atoms with Crippen LogP contribution >= 0.6 is 0 Å². The number of rotatable bonds is 0. The van der Waals surface area contributed by atoms with Gasteiger partial charge in [-0.3, -0.25) is 0 Å². The van der Waals surface area contributed by atoms with E-state index in [0.29, 0.717) is 0 Å². The van der Waals surface area contributed by atoms with Gasteiger partial charge < -0.3 is 0 Å². The second kappa shape index (κ2) is 9.54. The zero-order chi connectivity index (χ0) is 3.58. The van der Waals surface area contributed by atoms with Gasteiger partial charge in [0.15, 0.2) is 0 Å². The zero-order valence-corrected chi connectivity index (χ0v) is 4.35. The summed E-state index contributed by atoms with van der Waals surface area (Å²) in [5.74, 6) is 0. The van der Waals surface area contributed by atoms with Crippen molar-refractivity contribution in [3.8, 4) is 0 Å². The Balaban J connectivity index is -0.0000000450. The fraction of sp³-hybridized carbons (Fsp3) is 0. The maximum absolute atomic E-state index is 8.67. The Morgan fingerprint density at radius 3 is 1.33 bits per heavy atom. The van der Waals surface area contributed by atoms with Crippen LogP contribution in [0.4, 0.5) is 0 Å². The first-order chi connectivity index (χ1) is 1.73. The summed E-state index contributed by atoms with van der Waals surface area (Å²) in [5.41, 5.74) is 0. The van der Waals surface area contributed by atoms with Crippen molar-refractivity contribution in [2.75, 3.05) is 0 Å². The summed E-state index contributed by atoms with van der Waals surface area (Å²) in [6, 6.07) is 0. The van der Waals surface area contributed by atoms with Crippen LogP contribution < -0.4 is 0 Å². The number of hydrogen-bond acceptors (Lipinski definition) is 2. The normalized spacial score (nSPS) is 4.17. The first kappa shape index (κ1) is 15.7. The zero-order valence-electron chi connectivity index (χ0n) is 2.01. The van der Waals surface area contributed by atoms with Crippen LogP contribution in [-0.2, 0) is 39.8 Å². The topological polar surface area (TPSA) is 54.4 Å². The molecule has 0 rings (SSSR count). The van der Waals surface area contributed by atoms with Gasteiger partial charge in [-0.05, 0) is 0 Å². The Bertz CT molecular complexity index is 59.2. The summed E-state index contributed by atoms with van der Waals surface area (Å²) in [5, 5.41) is 0. The van der Waals surface area contributed by atoms with Gasteiger partial charge >= 0.3 is 45.6 Å². The van der Waals surface area contributed by atoms with E-state index in [4.69, 9.17) is 11.4 Å². The van der Waals surface area contributed by atoms with E-state index in [1.807, 2.05) is 0 Å². The van der Waals surface area contributed by atoms with E-state index >= 15 is 0 Å². The molecule has 0 aliphatic heterocycles. The third-order valence-electron chi connectivity index (χ3n) is 0. The quantitative estimate of drug-likeness (QED) is 0.454. The second-order valence-electron chi connectivity index (χ2n) is 0.238. The minimum atomic E-state index is -3.69. The van der Waals surface area contributed by atoms with Crippen molar-refractivity contribution < 1.29 is 43.8 Å².